The van der Waals surface area contributed by atoms with E-state index in [-0.39, 0.29) is 62.2 Å². The number of carbonyl (C=O) groups excluding carboxylic acids is 6. The minimum atomic E-state index is -0.893. The van der Waals surface area contributed by atoms with E-state index >= 15 is 0 Å². The van der Waals surface area contributed by atoms with Gasteiger partial charge < -0.3 is 40.8 Å². The summed E-state index contributed by atoms with van der Waals surface area (Å²) >= 11 is 0. The molecule has 0 saturated carbocycles. The molecule has 14 nitrogen and oxygen atoms in total. The first-order chi connectivity index (χ1) is 21.3. The number of ketones is 1. The van der Waals surface area contributed by atoms with E-state index in [0.717, 1.165) is 0 Å². The lowest BCUT2D eigenvalue weighted by molar-refractivity contribution is -0.132. The van der Waals surface area contributed by atoms with Gasteiger partial charge in [0.1, 0.15) is 18.7 Å². The molecular weight excluding hydrogens is 586 g/mol. The van der Waals surface area contributed by atoms with Crippen LogP contribution >= 0.6 is 0 Å². The molecule has 1 rings (SSSR count). The van der Waals surface area contributed by atoms with Gasteiger partial charge in [0.2, 0.25) is 23.6 Å². The fraction of sp³-hybridized carbons (Fsp3) is 0.613. The van der Waals surface area contributed by atoms with Gasteiger partial charge in [-0.25, -0.2) is 4.79 Å². The minimum absolute atomic E-state index is 0.0175. The number of Topliss-reactive ketones (excluding diaryl/α,β-unsaturated/α-hetero) is 1. The van der Waals surface area contributed by atoms with Crippen LogP contribution in [-0.4, -0.2) is 87.1 Å². The maximum atomic E-state index is 12.9. The van der Waals surface area contributed by atoms with Gasteiger partial charge in [-0.15, -0.1) is 0 Å². The first-order valence-electron chi connectivity index (χ1n) is 15.2. The van der Waals surface area contributed by atoms with Crippen LogP contribution in [0.3, 0.4) is 0 Å². The van der Waals surface area contributed by atoms with Gasteiger partial charge in [0.05, 0.1) is 33.0 Å². The Morgan fingerprint density at radius 1 is 0.756 bits per heavy atom. The maximum Gasteiger partial charge on any atom is 0.407 e. The van der Waals surface area contributed by atoms with Crippen molar-refractivity contribution in [2.75, 3.05) is 44.8 Å². The summed E-state index contributed by atoms with van der Waals surface area (Å²) in [6.07, 6.45) is -0.338. The fourth-order valence-electron chi connectivity index (χ4n) is 3.52. The molecule has 0 radical (unpaired) electrons. The minimum Gasteiger partial charge on any atom is -0.445 e. The van der Waals surface area contributed by atoms with Gasteiger partial charge in [-0.05, 0) is 30.5 Å². The Morgan fingerprint density at radius 2 is 1.40 bits per heavy atom. The Morgan fingerprint density at radius 3 is 2.00 bits per heavy atom. The molecule has 252 valence electrons. The summed E-state index contributed by atoms with van der Waals surface area (Å²) in [5.74, 6) is -1.78. The SMILES string of the molecule is CCC(=O)CNC(=O)OCc1ccc(NC(=O)C(C)NC(=O)C(NC(=O)CCOCCOCCNC(=O)C(C)C)C(C)C)cc1. The topological polar surface area (TPSA) is 190 Å². The highest BCUT2D eigenvalue weighted by Crippen LogP contribution is 2.11. The van der Waals surface area contributed by atoms with Gasteiger partial charge in [0.15, 0.2) is 5.78 Å². The first kappa shape index (κ1) is 39.0. The summed E-state index contributed by atoms with van der Waals surface area (Å²) in [6, 6.07) is 4.84. The van der Waals surface area contributed by atoms with Crippen LogP contribution in [0.15, 0.2) is 24.3 Å². The van der Waals surface area contributed by atoms with E-state index in [1.54, 1.807) is 45.0 Å². The molecule has 0 aliphatic rings. The summed E-state index contributed by atoms with van der Waals surface area (Å²) in [6.45, 7) is 11.8. The zero-order chi connectivity index (χ0) is 33.8. The average molecular weight is 636 g/mol. The summed E-state index contributed by atoms with van der Waals surface area (Å²) in [4.78, 5) is 72.4. The Bertz CT molecular complexity index is 1110. The second kappa shape index (κ2) is 21.6. The Hall–Kier alpha value is -4.04. The van der Waals surface area contributed by atoms with Crippen LogP contribution < -0.4 is 26.6 Å². The van der Waals surface area contributed by atoms with Crippen molar-refractivity contribution in [1.29, 1.82) is 0 Å². The molecule has 2 atom stereocenters. The number of hydrogen-bond acceptors (Lipinski definition) is 9. The number of alkyl carbamates (subject to hydrolysis) is 1. The largest absolute Gasteiger partial charge is 0.445 e. The quantitative estimate of drug-likeness (QED) is 0.125. The van der Waals surface area contributed by atoms with Crippen LogP contribution in [-0.2, 0) is 44.8 Å². The molecule has 2 unspecified atom stereocenters. The molecule has 14 heteroatoms. The number of ether oxygens (including phenoxy) is 3. The number of amides is 5. The van der Waals surface area contributed by atoms with E-state index in [1.165, 1.54) is 6.92 Å². The van der Waals surface area contributed by atoms with Crippen LogP contribution in [0, 0.1) is 11.8 Å². The van der Waals surface area contributed by atoms with Gasteiger partial charge in [-0.2, -0.15) is 0 Å². The molecule has 0 heterocycles. The molecule has 0 fully saturated rings. The Balaban J connectivity index is 2.38. The average Bonchev–Trinajstić information content (AvgIpc) is 3.00. The number of benzene rings is 1. The highest BCUT2D eigenvalue weighted by Gasteiger charge is 2.27. The van der Waals surface area contributed by atoms with Crippen molar-refractivity contribution in [1.82, 2.24) is 21.3 Å². The van der Waals surface area contributed by atoms with Gasteiger partial charge in [0, 0.05) is 31.0 Å². The summed E-state index contributed by atoms with van der Waals surface area (Å²) in [5, 5.41) is 13.2. The Labute approximate surface area is 265 Å². The lowest BCUT2D eigenvalue weighted by Crippen LogP contribution is -2.53. The summed E-state index contributed by atoms with van der Waals surface area (Å²) in [5.41, 5.74) is 1.14. The third kappa shape index (κ3) is 17.1. The summed E-state index contributed by atoms with van der Waals surface area (Å²) < 4.78 is 15.9. The van der Waals surface area contributed by atoms with Gasteiger partial charge in [-0.3, -0.25) is 24.0 Å². The standard InChI is InChI=1S/C31H49N5O9/c1-7-25(37)18-33-31(42)45-19-23-8-10-24(11-9-23)35-29(40)22(6)34-30(41)27(20(2)3)36-26(38)12-14-43-16-17-44-15-13-32-28(39)21(4)5/h8-11,20-22,27H,7,12-19H2,1-6H3,(H,32,39)(H,33,42)(H,34,41)(H,35,40)(H,36,38). The second-order valence-corrected chi connectivity index (χ2v) is 10.9. The van der Waals surface area contributed by atoms with E-state index in [1.807, 2.05) is 13.8 Å². The normalized spacial score (nSPS) is 12.2. The third-order valence-corrected chi connectivity index (χ3v) is 6.35. The molecule has 5 amide bonds. The first-order valence-corrected chi connectivity index (χ1v) is 15.2. The number of hydrogen-bond donors (Lipinski definition) is 5. The number of rotatable bonds is 21. The summed E-state index contributed by atoms with van der Waals surface area (Å²) in [7, 11) is 0. The highest BCUT2D eigenvalue weighted by molar-refractivity contribution is 5.98. The van der Waals surface area contributed by atoms with E-state index in [2.05, 4.69) is 26.6 Å². The molecule has 0 saturated heterocycles. The van der Waals surface area contributed by atoms with Crippen molar-refractivity contribution in [2.45, 2.75) is 73.1 Å². The highest BCUT2D eigenvalue weighted by atomic mass is 16.5. The number of anilines is 1. The molecule has 5 N–H and O–H groups in total. The lowest BCUT2D eigenvalue weighted by Gasteiger charge is -2.24. The van der Waals surface area contributed by atoms with Crippen LogP contribution in [0.5, 0.6) is 0 Å². The molecule has 0 bridgehead atoms. The second-order valence-electron chi connectivity index (χ2n) is 10.9. The van der Waals surface area contributed by atoms with Gasteiger partial charge in [0.25, 0.3) is 0 Å². The molecule has 0 aliphatic carbocycles. The van der Waals surface area contributed by atoms with Crippen molar-refractivity contribution >= 4 is 41.2 Å². The molecule has 1 aromatic rings. The van der Waals surface area contributed by atoms with E-state index < -0.39 is 30.0 Å². The molecule has 0 aromatic heterocycles. The molecular formula is C31H49N5O9. The molecule has 0 spiro atoms. The zero-order valence-electron chi connectivity index (χ0n) is 27.2. The predicted molar refractivity (Wildman–Crippen MR) is 167 cm³/mol. The molecule has 45 heavy (non-hydrogen) atoms. The van der Waals surface area contributed by atoms with Crippen molar-refractivity contribution < 1.29 is 43.0 Å². The van der Waals surface area contributed by atoms with Crippen LogP contribution in [0.4, 0.5) is 10.5 Å². The van der Waals surface area contributed by atoms with Crippen molar-refractivity contribution in [3.8, 4) is 0 Å². The lowest BCUT2D eigenvalue weighted by atomic mass is 10.0. The molecule has 1 aromatic carbocycles. The number of carbonyl (C=O) groups is 6. The predicted octanol–water partition coefficient (Wildman–Crippen LogP) is 1.67. The van der Waals surface area contributed by atoms with E-state index in [9.17, 15) is 28.8 Å². The maximum absolute atomic E-state index is 12.9. The monoisotopic (exact) mass is 635 g/mol. The van der Waals surface area contributed by atoms with Gasteiger partial charge >= 0.3 is 6.09 Å². The van der Waals surface area contributed by atoms with Crippen molar-refractivity contribution in [3.05, 3.63) is 29.8 Å². The van der Waals surface area contributed by atoms with Crippen LogP contribution in [0.25, 0.3) is 0 Å². The van der Waals surface area contributed by atoms with Crippen LogP contribution in [0.2, 0.25) is 0 Å². The smallest absolute Gasteiger partial charge is 0.407 e. The fourth-order valence-corrected chi connectivity index (χ4v) is 3.52. The molecule has 0 aliphatic heterocycles. The third-order valence-electron chi connectivity index (χ3n) is 6.35. The van der Waals surface area contributed by atoms with Crippen molar-refractivity contribution in [2.24, 2.45) is 11.8 Å². The van der Waals surface area contributed by atoms with Crippen molar-refractivity contribution in [3.63, 3.8) is 0 Å². The van der Waals surface area contributed by atoms with Crippen LogP contribution in [0.1, 0.15) is 59.9 Å². The van der Waals surface area contributed by atoms with E-state index in [0.29, 0.717) is 37.4 Å². The number of nitrogens with one attached hydrogen (secondary N) is 5. The van der Waals surface area contributed by atoms with E-state index in [4.69, 9.17) is 14.2 Å². The van der Waals surface area contributed by atoms with Gasteiger partial charge in [-0.1, -0.05) is 46.8 Å². The Kier molecular flexibility index (Phi) is 18.7. The zero-order valence-corrected chi connectivity index (χ0v) is 27.2.